The van der Waals surface area contributed by atoms with Crippen molar-refractivity contribution in [3.05, 3.63) is 58.1 Å². The third-order valence-corrected chi connectivity index (χ3v) is 4.54. The van der Waals surface area contributed by atoms with E-state index in [9.17, 15) is 4.79 Å². The van der Waals surface area contributed by atoms with Crippen LogP contribution in [0.3, 0.4) is 0 Å². The Labute approximate surface area is 143 Å². The average molecular weight is 351 g/mol. The van der Waals surface area contributed by atoms with Crippen molar-refractivity contribution >= 4 is 46.6 Å². The van der Waals surface area contributed by atoms with Gasteiger partial charge in [0.1, 0.15) is 6.07 Å². The summed E-state index contributed by atoms with van der Waals surface area (Å²) in [5.74, 6) is 0.425. The van der Waals surface area contributed by atoms with Crippen LogP contribution in [0, 0.1) is 11.3 Å². The lowest BCUT2D eigenvalue weighted by Gasteiger charge is -2.07. The lowest BCUT2D eigenvalue weighted by molar-refractivity contribution is -0.115. The Balaban J connectivity index is 1.88. The van der Waals surface area contributed by atoms with Gasteiger partial charge in [-0.05, 0) is 30.3 Å². The molecule has 0 aromatic heterocycles. The van der Waals surface area contributed by atoms with Crippen LogP contribution in [0.2, 0.25) is 10.0 Å². The number of para-hydroxylation sites is 1. The van der Waals surface area contributed by atoms with Crippen LogP contribution in [0.25, 0.3) is 0 Å². The van der Waals surface area contributed by atoms with Crippen molar-refractivity contribution in [3.8, 4) is 6.07 Å². The van der Waals surface area contributed by atoms with Crippen molar-refractivity contribution in [2.75, 3.05) is 11.1 Å². The monoisotopic (exact) mass is 350 g/mol. The molecule has 22 heavy (non-hydrogen) atoms. The third-order valence-electron chi connectivity index (χ3n) is 2.80. The number of nitrogens with one attached hydrogen (secondary N) is 1. The van der Waals surface area contributed by atoms with Crippen molar-refractivity contribution in [1.29, 1.82) is 5.26 Å². The fourth-order valence-electron chi connectivity index (χ4n) is 1.74. The molecule has 2 aromatic rings. The standard InChI is InChI=1S/C16H12Cl2N2OS/c17-12-5-6-13(18)15(9-12)22-8-7-16(21)20-14-4-2-1-3-11(14)10-19/h1-6,9H,7-8H2,(H,20,21). The first kappa shape index (κ1) is 16.7. The molecule has 1 N–H and O–H groups in total. The summed E-state index contributed by atoms with van der Waals surface area (Å²) < 4.78 is 0. The quantitative estimate of drug-likeness (QED) is 0.773. The largest absolute Gasteiger partial charge is 0.325 e. The van der Waals surface area contributed by atoms with E-state index in [1.165, 1.54) is 11.8 Å². The number of anilines is 1. The molecule has 2 aromatic carbocycles. The maximum Gasteiger partial charge on any atom is 0.225 e. The van der Waals surface area contributed by atoms with Gasteiger partial charge in [0.15, 0.2) is 0 Å². The van der Waals surface area contributed by atoms with Gasteiger partial charge in [-0.2, -0.15) is 5.26 Å². The van der Waals surface area contributed by atoms with Gasteiger partial charge < -0.3 is 5.32 Å². The molecule has 6 heteroatoms. The van der Waals surface area contributed by atoms with Crippen molar-refractivity contribution in [1.82, 2.24) is 0 Å². The summed E-state index contributed by atoms with van der Waals surface area (Å²) in [5, 5.41) is 12.9. The molecule has 0 aliphatic carbocycles. The van der Waals surface area contributed by atoms with Gasteiger partial charge in [0.25, 0.3) is 0 Å². The third kappa shape index (κ3) is 4.67. The molecule has 0 atom stereocenters. The van der Waals surface area contributed by atoms with Crippen molar-refractivity contribution in [2.45, 2.75) is 11.3 Å². The summed E-state index contributed by atoms with van der Waals surface area (Å²) in [7, 11) is 0. The van der Waals surface area contributed by atoms with Crippen LogP contribution < -0.4 is 5.32 Å². The lowest BCUT2D eigenvalue weighted by atomic mass is 10.2. The molecule has 3 nitrogen and oxygen atoms in total. The molecule has 0 radical (unpaired) electrons. The predicted molar refractivity (Wildman–Crippen MR) is 91.6 cm³/mol. The minimum absolute atomic E-state index is 0.145. The Morgan fingerprint density at radius 1 is 1.23 bits per heavy atom. The van der Waals surface area contributed by atoms with Crippen LogP contribution in [0.15, 0.2) is 47.4 Å². The second-order valence-electron chi connectivity index (χ2n) is 4.38. The molecule has 0 aliphatic heterocycles. The van der Waals surface area contributed by atoms with Crippen LogP contribution in [-0.2, 0) is 4.79 Å². The normalized spacial score (nSPS) is 10.0. The first-order valence-corrected chi connectivity index (χ1v) is 8.21. The summed E-state index contributed by atoms with van der Waals surface area (Å²) in [6, 6.07) is 14.2. The lowest BCUT2D eigenvalue weighted by Crippen LogP contribution is -2.13. The van der Waals surface area contributed by atoms with Gasteiger partial charge in [-0.15, -0.1) is 11.8 Å². The molecule has 1 amide bonds. The number of hydrogen-bond donors (Lipinski definition) is 1. The van der Waals surface area contributed by atoms with Crippen molar-refractivity contribution in [3.63, 3.8) is 0 Å². The minimum Gasteiger partial charge on any atom is -0.325 e. The van der Waals surface area contributed by atoms with E-state index >= 15 is 0 Å². The Bertz CT molecular complexity index is 728. The molecule has 0 saturated carbocycles. The van der Waals surface area contributed by atoms with E-state index in [1.807, 2.05) is 6.07 Å². The van der Waals surface area contributed by atoms with E-state index in [0.29, 0.717) is 33.5 Å². The summed E-state index contributed by atoms with van der Waals surface area (Å²) >= 11 is 13.4. The van der Waals surface area contributed by atoms with Crippen LogP contribution in [0.4, 0.5) is 5.69 Å². The number of nitrogens with zero attached hydrogens (tertiary/aromatic N) is 1. The van der Waals surface area contributed by atoms with E-state index < -0.39 is 0 Å². The minimum atomic E-state index is -0.145. The van der Waals surface area contributed by atoms with Gasteiger partial charge in [0, 0.05) is 22.1 Å². The first-order chi connectivity index (χ1) is 10.6. The number of amides is 1. The van der Waals surface area contributed by atoms with E-state index in [-0.39, 0.29) is 5.91 Å². The van der Waals surface area contributed by atoms with Crippen LogP contribution >= 0.6 is 35.0 Å². The van der Waals surface area contributed by atoms with Gasteiger partial charge in [-0.3, -0.25) is 4.79 Å². The van der Waals surface area contributed by atoms with E-state index in [2.05, 4.69) is 5.32 Å². The summed E-state index contributed by atoms with van der Waals surface area (Å²) in [5.41, 5.74) is 0.974. The van der Waals surface area contributed by atoms with Crippen molar-refractivity contribution in [2.24, 2.45) is 0 Å². The highest BCUT2D eigenvalue weighted by Gasteiger charge is 2.08. The summed E-state index contributed by atoms with van der Waals surface area (Å²) in [6.07, 6.45) is 0.313. The Kier molecular flexibility index (Phi) is 6.14. The van der Waals surface area contributed by atoms with Gasteiger partial charge in [-0.1, -0.05) is 35.3 Å². The topological polar surface area (TPSA) is 52.9 Å². The van der Waals surface area contributed by atoms with Gasteiger partial charge in [-0.25, -0.2) is 0 Å². The molecule has 0 bridgehead atoms. The highest BCUT2D eigenvalue weighted by molar-refractivity contribution is 7.99. The second kappa shape index (κ2) is 8.09. The molecule has 112 valence electrons. The number of halogens is 2. The molecule has 0 aliphatic rings. The van der Waals surface area contributed by atoms with Gasteiger partial charge in [0.2, 0.25) is 5.91 Å². The van der Waals surface area contributed by atoms with Gasteiger partial charge >= 0.3 is 0 Å². The molecule has 2 rings (SSSR count). The van der Waals surface area contributed by atoms with Gasteiger partial charge in [0.05, 0.1) is 16.3 Å². The van der Waals surface area contributed by atoms with Crippen molar-refractivity contribution < 1.29 is 4.79 Å². The SMILES string of the molecule is N#Cc1ccccc1NC(=O)CCSc1cc(Cl)ccc1Cl. The molecular formula is C16H12Cl2N2OS. The zero-order chi connectivity index (χ0) is 15.9. The molecule has 0 fully saturated rings. The fraction of sp³-hybridized carbons (Fsp3) is 0.125. The number of carbonyl (C=O) groups is 1. The van der Waals surface area contributed by atoms with Crippen LogP contribution in [-0.4, -0.2) is 11.7 Å². The van der Waals surface area contributed by atoms with Crippen LogP contribution in [0.5, 0.6) is 0 Å². The first-order valence-electron chi connectivity index (χ1n) is 6.47. The fourth-order valence-corrected chi connectivity index (χ4v) is 3.19. The van der Waals surface area contributed by atoms with E-state index in [1.54, 1.807) is 42.5 Å². The Morgan fingerprint density at radius 2 is 2.00 bits per heavy atom. The van der Waals surface area contributed by atoms with Crippen LogP contribution in [0.1, 0.15) is 12.0 Å². The van der Waals surface area contributed by atoms with E-state index in [0.717, 1.165) is 4.90 Å². The summed E-state index contributed by atoms with van der Waals surface area (Å²) in [6.45, 7) is 0. The molecular weight excluding hydrogens is 339 g/mol. The highest BCUT2D eigenvalue weighted by atomic mass is 35.5. The number of carbonyl (C=O) groups excluding carboxylic acids is 1. The smallest absolute Gasteiger partial charge is 0.225 e. The highest BCUT2D eigenvalue weighted by Crippen LogP contribution is 2.30. The predicted octanol–water partition coefficient (Wildman–Crippen LogP) is 4.99. The van der Waals surface area contributed by atoms with E-state index in [4.69, 9.17) is 28.5 Å². The second-order valence-corrected chi connectivity index (χ2v) is 6.36. The number of hydrogen-bond acceptors (Lipinski definition) is 3. The molecule has 0 unspecified atom stereocenters. The number of benzene rings is 2. The maximum absolute atomic E-state index is 11.9. The number of thioether (sulfide) groups is 1. The Hall–Kier alpha value is -1.67. The number of nitriles is 1. The average Bonchev–Trinajstić information content (AvgIpc) is 2.51. The number of rotatable bonds is 5. The maximum atomic E-state index is 11.9. The summed E-state index contributed by atoms with van der Waals surface area (Å²) in [4.78, 5) is 12.8. The zero-order valence-corrected chi connectivity index (χ0v) is 13.8. The molecule has 0 spiro atoms. The zero-order valence-electron chi connectivity index (χ0n) is 11.5. The Morgan fingerprint density at radius 3 is 2.77 bits per heavy atom. The molecule has 0 heterocycles. The molecule has 0 saturated heterocycles.